The van der Waals surface area contributed by atoms with Gasteiger partial charge < -0.3 is 14.2 Å². The molecule has 0 aliphatic carbocycles. The highest BCUT2D eigenvalue weighted by Gasteiger charge is 2.19. The SMILES string of the molecule is CCCCCCC/C=C\CCCCCCCC(=O)OC(COC(=O)CCCCCCCC)COC(=O)CCCCCCCCCCCCC/C=C\CCCCCCCCCC. The zero-order valence-electron chi connectivity index (χ0n) is 40.9. The molecule has 0 fully saturated rings. The molecule has 6 nitrogen and oxygen atoms in total. The summed E-state index contributed by atoms with van der Waals surface area (Å²) in [6, 6.07) is 0. The van der Waals surface area contributed by atoms with Crippen molar-refractivity contribution in [3.63, 3.8) is 0 Å². The summed E-state index contributed by atoms with van der Waals surface area (Å²) in [5.74, 6) is -0.880. The molecule has 0 heterocycles. The molecule has 0 aromatic heterocycles. The zero-order chi connectivity index (χ0) is 44.4. The fourth-order valence-electron chi connectivity index (χ4n) is 7.84. The Morgan fingerprint density at radius 3 is 0.820 bits per heavy atom. The maximum absolute atomic E-state index is 12.7. The van der Waals surface area contributed by atoms with Crippen LogP contribution >= 0.6 is 0 Å². The highest BCUT2D eigenvalue weighted by Crippen LogP contribution is 2.16. The molecule has 1 atom stereocenters. The smallest absolute Gasteiger partial charge is 0.306 e. The van der Waals surface area contributed by atoms with Crippen LogP contribution in [0.2, 0.25) is 0 Å². The molecule has 0 rings (SSSR count). The summed E-state index contributed by atoms with van der Waals surface area (Å²) in [5, 5.41) is 0. The molecule has 0 aliphatic heterocycles. The lowest BCUT2D eigenvalue weighted by atomic mass is 10.0. The van der Waals surface area contributed by atoms with Crippen molar-refractivity contribution < 1.29 is 28.6 Å². The van der Waals surface area contributed by atoms with Crippen LogP contribution in [-0.4, -0.2) is 37.2 Å². The van der Waals surface area contributed by atoms with Crippen molar-refractivity contribution in [3.8, 4) is 0 Å². The highest BCUT2D eigenvalue weighted by atomic mass is 16.6. The Balaban J connectivity index is 4.11. The lowest BCUT2D eigenvalue weighted by Gasteiger charge is -2.18. The maximum Gasteiger partial charge on any atom is 0.306 e. The molecule has 0 spiro atoms. The summed E-state index contributed by atoms with van der Waals surface area (Å²) in [7, 11) is 0. The summed E-state index contributed by atoms with van der Waals surface area (Å²) in [4.78, 5) is 37.7. The van der Waals surface area contributed by atoms with E-state index in [1.165, 1.54) is 186 Å². The molecule has 1 unspecified atom stereocenters. The van der Waals surface area contributed by atoms with Crippen molar-refractivity contribution in [2.45, 2.75) is 297 Å². The topological polar surface area (TPSA) is 78.9 Å². The summed E-state index contributed by atoms with van der Waals surface area (Å²) in [6.45, 7) is 6.59. The number of allylic oxidation sites excluding steroid dienone is 4. The second-order valence-electron chi connectivity index (χ2n) is 18.1. The van der Waals surface area contributed by atoms with E-state index < -0.39 is 6.10 Å². The number of carbonyl (C=O) groups is 3. The summed E-state index contributed by atoms with van der Waals surface area (Å²) >= 11 is 0. The van der Waals surface area contributed by atoms with E-state index >= 15 is 0 Å². The number of esters is 3. The molecule has 0 saturated heterocycles. The van der Waals surface area contributed by atoms with Gasteiger partial charge >= 0.3 is 17.9 Å². The van der Waals surface area contributed by atoms with Crippen molar-refractivity contribution in [3.05, 3.63) is 24.3 Å². The van der Waals surface area contributed by atoms with Gasteiger partial charge in [0, 0.05) is 19.3 Å². The first kappa shape index (κ1) is 58.9. The Morgan fingerprint density at radius 1 is 0.311 bits per heavy atom. The lowest BCUT2D eigenvalue weighted by molar-refractivity contribution is -0.167. The Labute approximate surface area is 379 Å². The second kappa shape index (κ2) is 50.5. The Kier molecular flexibility index (Phi) is 48.8. The van der Waals surface area contributed by atoms with Crippen LogP contribution in [0.3, 0.4) is 0 Å². The minimum Gasteiger partial charge on any atom is -0.462 e. The predicted octanol–water partition coefficient (Wildman–Crippen LogP) is 17.5. The molecule has 0 bridgehead atoms. The summed E-state index contributed by atoms with van der Waals surface area (Å²) < 4.78 is 16.7. The number of carbonyl (C=O) groups excluding carboxylic acids is 3. The average molecular weight is 859 g/mol. The van der Waals surface area contributed by atoms with Crippen molar-refractivity contribution in [2.75, 3.05) is 13.2 Å². The first-order chi connectivity index (χ1) is 30.0. The third kappa shape index (κ3) is 48.8. The third-order valence-electron chi connectivity index (χ3n) is 11.9. The monoisotopic (exact) mass is 859 g/mol. The largest absolute Gasteiger partial charge is 0.462 e. The van der Waals surface area contributed by atoms with Gasteiger partial charge in [-0.15, -0.1) is 0 Å². The van der Waals surface area contributed by atoms with Crippen LogP contribution < -0.4 is 0 Å². The molecule has 61 heavy (non-hydrogen) atoms. The van der Waals surface area contributed by atoms with Crippen LogP contribution in [0.1, 0.15) is 290 Å². The first-order valence-electron chi connectivity index (χ1n) is 26.8. The van der Waals surface area contributed by atoms with Gasteiger partial charge in [-0.05, 0) is 70.6 Å². The molecule has 0 amide bonds. The van der Waals surface area contributed by atoms with Gasteiger partial charge in [0.25, 0.3) is 0 Å². The maximum atomic E-state index is 12.7. The molecule has 6 heteroatoms. The molecular weight excluding hydrogens is 757 g/mol. The van der Waals surface area contributed by atoms with E-state index in [1.807, 2.05) is 0 Å². The second-order valence-corrected chi connectivity index (χ2v) is 18.1. The van der Waals surface area contributed by atoms with Crippen molar-refractivity contribution >= 4 is 17.9 Å². The van der Waals surface area contributed by atoms with E-state index in [1.54, 1.807) is 0 Å². The van der Waals surface area contributed by atoms with Gasteiger partial charge in [0.15, 0.2) is 6.10 Å². The van der Waals surface area contributed by atoms with E-state index in [-0.39, 0.29) is 31.1 Å². The van der Waals surface area contributed by atoms with Gasteiger partial charge in [0.1, 0.15) is 13.2 Å². The van der Waals surface area contributed by atoms with Crippen LogP contribution in [0, 0.1) is 0 Å². The van der Waals surface area contributed by atoms with E-state index in [0.717, 1.165) is 64.2 Å². The standard InChI is InChI=1S/C55H102O6/c1-4-7-10-13-16-18-20-22-24-25-26-27-28-29-30-31-32-34-35-37-39-42-45-48-54(57)60-51-52(50-59-53(56)47-44-41-15-12-9-6-3)61-55(58)49-46-43-40-38-36-33-23-21-19-17-14-11-8-5-2/h21,23,25-26,52H,4-20,22,24,27-51H2,1-3H3/b23-21-,26-25-. The number of rotatable bonds is 49. The number of unbranched alkanes of at least 4 members (excludes halogenated alkanes) is 34. The average Bonchev–Trinajstić information content (AvgIpc) is 3.26. The first-order valence-corrected chi connectivity index (χ1v) is 26.8. The Morgan fingerprint density at radius 2 is 0.541 bits per heavy atom. The van der Waals surface area contributed by atoms with Gasteiger partial charge in [-0.3, -0.25) is 14.4 Å². The fraction of sp³-hybridized carbons (Fsp3) is 0.873. The van der Waals surface area contributed by atoms with E-state index in [2.05, 4.69) is 45.1 Å². The Hall–Kier alpha value is -2.11. The van der Waals surface area contributed by atoms with Crippen LogP contribution in [0.15, 0.2) is 24.3 Å². The Bertz CT molecular complexity index is 989. The van der Waals surface area contributed by atoms with Crippen LogP contribution in [0.25, 0.3) is 0 Å². The predicted molar refractivity (Wildman–Crippen MR) is 261 cm³/mol. The molecular formula is C55H102O6. The molecule has 0 radical (unpaired) electrons. The van der Waals surface area contributed by atoms with Gasteiger partial charge in [-0.25, -0.2) is 0 Å². The van der Waals surface area contributed by atoms with Crippen molar-refractivity contribution in [2.24, 2.45) is 0 Å². The van der Waals surface area contributed by atoms with Crippen molar-refractivity contribution in [1.82, 2.24) is 0 Å². The van der Waals surface area contributed by atoms with Gasteiger partial charge in [0.05, 0.1) is 0 Å². The lowest BCUT2D eigenvalue weighted by Crippen LogP contribution is -2.30. The fourth-order valence-corrected chi connectivity index (χ4v) is 7.84. The number of hydrogen-bond acceptors (Lipinski definition) is 6. The van der Waals surface area contributed by atoms with Gasteiger partial charge in [-0.2, -0.15) is 0 Å². The van der Waals surface area contributed by atoms with Gasteiger partial charge in [-0.1, -0.05) is 225 Å². The summed E-state index contributed by atoms with van der Waals surface area (Å²) in [5.41, 5.74) is 0. The summed E-state index contributed by atoms with van der Waals surface area (Å²) in [6.07, 6.45) is 57.7. The van der Waals surface area contributed by atoms with E-state index in [4.69, 9.17) is 14.2 Å². The molecule has 0 aromatic rings. The minimum atomic E-state index is -0.769. The molecule has 358 valence electrons. The van der Waals surface area contributed by atoms with Gasteiger partial charge in [0.2, 0.25) is 0 Å². The molecule has 0 N–H and O–H groups in total. The molecule has 0 aromatic carbocycles. The third-order valence-corrected chi connectivity index (χ3v) is 11.9. The van der Waals surface area contributed by atoms with Crippen LogP contribution in [0.5, 0.6) is 0 Å². The van der Waals surface area contributed by atoms with Crippen LogP contribution in [0.4, 0.5) is 0 Å². The highest BCUT2D eigenvalue weighted by molar-refractivity contribution is 5.71. The quantitative estimate of drug-likeness (QED) is 0.0262. The number of hydrogen-bond donors (Lipinski definition) is 0. The minimum absolute atomic E-state index is 0.0722. The number of ether oxygens (including phenoxy) is 3. The van der Waals surface area contributed by atoms with E-state index in [0.29, 0.717) is 19.3 Å². The molecule has 0 saturated carbocycles. The van der Waals surface area contributed by atoms with Crippen molar-refractivity contribution in [1.29, 1.82) is 0 Å². The normalized spacial score (nSPS) is 12.1. The molecule has 0 aliphatic rings. The van der Waals surface area contributed by atoms with Crippen LogP contribution in [-0.2, 0) is 28.6 Å². The van der Waals surface area contributed by atoms with E-state index in [9.17, 15) is 14.4 Å². The zero-order valence-corrected chi connectivity index (χ0v) is 40.9.